The lowest BCUT2D eigenvalue weighted by molar-refractivity contribution is -0.138. The zero-order valence-corrected chi connectivity index (χ0v) is 21.8. The van der Waals surface area contributed by atoms with Gasteiger partial charge < -0.3 is 15.3 Å². The topological polar surface area (TPSA) is 86.7 Å². The predicted octanol–water partition coefficient (Wildman–Crippen LogP) is 6.43. The van der Waals surface area contributed by atoms with Crippen LogP contribution in [0.2, 0.25) is 0 Å². The molecule has 2 amide bonds. The van der Waals surface area contributed by atoms with Gasteiger partial charge in [0.1, 0.15) is 5.82 Å². The Hall–Kier alpha value is -3.08. The summed E-state index contributed by atoms with van der Waals surface area (Å²) in [6.45, 7) is 7.09. The van der Waals surface area contributed by atoms with E-state index >= 15 is 0 Å². The number of carbonyl (C=O) groups is 3. The highest BCUT2D eigenvalue weighted by Gasteiger charge is 2.29. The van der Waals surface area contributed by atoms with Crippen molar-refractivity contribution in [1.29, 1.82) is 0 Å². The third-order valence-electron chi connectivity index (χ3n) is 4.68. The number of aryl methyl sites for hydroxylation is 1. The average molecular weight is 545 g/mol. The van der Waals surface area contributed by atoms with E-state index in [0.717, 1.165) is 5.56 Å². The molecule has 0 fully saturated rings. The molecule has 0 atom stereocenters. The number of halogens is 4. The van der Waals surface area contributed by atoms with Crippen LogP contribution in [0.15, 0.2) is 47.4 Å². The van der Waals surface area contributed by atoms with Crippen molar-refractivity contribution in [3.05, 3.63) is 59.4 Å². The molecule has 0 aliphatic carbocycles. The minimum Gasteiger partial charge on any atom is -0.481 e. The number of hydrogen-bond acceptors (Lipinski definition) is 4. The number of nitrogens with zero attached hydrogens (tertiary/aromatic N) is 1. The van der Waals surface area contributed by atoms with E-state index in [-0.39, 0.29) is 47.1 Å². The summed E-state index contributed by atoms with van der Waals surface area (Å²) >= 11 is -0.220. The maximum atomic E-state index is 13.3. The van der Waals surface area contributed by atoms with Gasteiger partial charge in [0.25, 0.3) is 5.91 Å². The Kier molecular flexibility index (Phi) is 13.7. The second-order valence-electron chi connectivity index (χ2n) is 7.96. The number of thioether (sulfide) groups is 1. The molecule has 1 aliphatic rings. The number of carbonyl (C=O) groups excluding carboxylic acids is 2. The van der Waals surface area contributed by atoms with Crippen LogP contribution in [0.3, 0.4) is 0 Å². The molecule has 2 N–H and O–H groups in total. The number of aliphatic carboxylic acids is 1. The van der Waals surface area contributed by atoms with Crippen molar-refractivity contribution in [2.24, 2.45) is 0 Å². The minimum atomic E-state index is -4.36. The predicted molar refractivity (Wildman–Crippen MR) is 136 cm³/mol. The average Bonchev–Trinajstić information content (AvgIpc) is 2.82. The number of benzene rings is 2. The standard InChI is InChI=1S/C17H13F4NOS.C6H11NO3.C3H8/c18-13-5-8-15-12(10-13)2-1-9-22(15)16(23)11-3-6-14(7-4-11)24-17(19,20)21;1-2-7-5(8)3-4-6(9)10;1-3-2/h3-8,10H,1-2,9H2;2-4H2,1H3,(H,7,8)(H,9,10);3H2,1-2H3. The molecular formula is C26H32F4N2O4S. The monoisotopic (exact) mass is 544 g/mol. The molecule has 0 aromatic heterocycles. The van der Waals surface area contributed by atoms with Crippen molar-refractivity contribution in [2.75, 3.05) is 18.0 Å². The second-order valence-corrected chi connectivity index (χ2v) is 9.10. The largest absolute Gasteiger partial charge is 0.481 e. The molecule has 0 spiro atoms. The van der Waals surface area contributed by atoms with Crippen LogP contribution < -0.4 is 10.2 Å². The number of amides is 2. The van der Waals surface area contributed by atoms with Gasteiger partial charge in [0, 0.05) is 35.7 Å². The summed E-state index contributed by atoms with van der Waals surface area (Å²) in [7, 11) is 0. The third kappa shape index (κ3) is 12.1. The summed E-state index contributed by atoms with van der Waals surface area (Å²) in [5, 5.41) is 10.6. The van der Waals surface area contributed by atoms with E-state index < -0.39 is 11.5 Å². The van der Waals surface area contributed by atoms with Gasteiger partial charge in [-0.15, -0.1) is 0 Å². The molecule has 0 saturated heterocycles. The zero-order chi connectivity index (χ0) is 28.0. The van der Waals surface area contributed by atoms with Crippen LogP contribution in [0.1, 0.15) is 62.4 Å². The molecule has 11 heteroatoms. The smallest absolute Gasteiger partial charge is 0.446 e. The summed E-state index contributed by atoms with van der Waals surface area (Å²) in [6.07, 6.45) is 2.64. The Morgan fingerprint density at radius 2 is 1.65 bits per heavy atom. The minimum absolute atomic E-state index is 0.0279. The number of carboxylic acid groups (broad SMARTS) is 1. The van der Waals surface area contributed by atoms with Crippen molar-refractivity contribution in [3.63, 3.8) is 0 Å². The van der Waals surface area contributed by atoms with Gasteiger partial charge in [-0.2, -0.15) is 13.2 Å². The van der Waals surface area contributed by atoms with Gasteiger partial charge in [-0.25, -0.2) is 4.39 Å². The van der Waals surface area contributed by atoms with E-state index in [2.05, 4.69) is 19.2 Å². The Morgan fingerprint density at radius 3 is 2.19 bits per heavy atom. The number of hydrogen-bond donors (Lipinski definition) is 2. The first-order valence-electron chi connectivity index (χ1n) is 11.9. The normalized spacial score (nSPS) is 12.2. The molecule has 0 unspecified atom stereocenters. The Balaban J connectivity index is 0.000000443. The highest BCUT2D eigenvalue weighted by atomic mass is 32.2. The van der Waals surface area contributed by atoms with Crippen molar-refractivity contribution in [1.82, 2.24) is 5.32 Å². The maximum absolute atomic E-state index is 13.3. The maximum Gasteiger partial charge on any atom is 0.446 e. The van der Waals surface area contributed by atoms with Crippen LogP contribution in [-0.2, 0) is 16.0 Å². The van der Waals surface area contributed by atoms with Crippen LogP contribution in [0, 0.1) is 5.82 Å². The van der Waals surface area contributed by atoms with E-state index in [0.29, 0.717) is 37.2 Å². The molecule has 2 aromatic carbocycles. The first-order chi connectivity index (χ1) is 17.4. The summed E-state index contributed by atoms with van der Waals surface area (Å²) in [5.41, 5.74) is -2.64. The molecule has 204 valence electrons. The highest BCUT2D eigenvalue weighted by molar-refractivity contribution is 8.00. The molecule has 37 heavy (non-hydrogen) atoms. The van der Waals surface area contributed by atoms with E-state index in [1.54, 1.807) is 17.9 Å². The first-order valence-corrected chi connectivity index (χ1v) is 12.7. The molecule has 0 radical (unpaired) electrons. The third-order valence-corrected chi connectivity index (χ3v) is 5.42. The van der Waals surface area contributed by atoms with Crippen LogP contribution in [-0.4, -0.2) is 41.5 Å². The van der Waals surface area contributed by atoms with E-state index in [9.17, 15) is 31.9 Å². The molecule has 1 heterocycles. The number of alkyl halides is 3. The van der Waals surface area contributed by atoms with E-state index in [1.807, 2.05) is 0 Å². The Labute approximate surface area is 218 Å². The van der Waals surface area contributed by atoms with Gasteiger partial charge in [-0.05, 0) is 79.6 Å². The molecule has 1 aliphatic heterocycles. The van der Waals surface area contributed by atoms with Crippen LogP contribution >= 0.6 is 11.8 Å². The molecule has 6 nitrogen and oxygen atoms in total. The van der Waals surface area contributed by atoms with Gasteiger partial charge in [0.15, 0.2) is 0 Å². The number of anilines is 1. The first kappa shape index (κ1) is 31.9. The van der Waals surface area contributed by atoms with Crippen molar-refractivity contribution >= 4 is 35.2 Å². The lowest BCUT2D eigenvalue weighted by Crippen LogP contribution is -2.35. The van der Waals surface area contributed by atoms with Crippen molar-refractivity contribution in [3.8, 4) is 0 Å². The molecule has 2 aromatic rings. The molecule has 0 saturated carbocycles. The van der Waals surface area contributed by atoms with Crippen molar-refractivity contribution < 1.29 is 37.1 Å². The van der Waals surface area contributed by atoms with Gasteiger partial charge in [0.2, 0.25) is 5.91 Å². The molecule has 3 rings (SSSR count). The summed E-state index contributed by atoms with van der Waals surface area (Å²) in [6, 6.07) is 9.60. The number of nitrogens with one attached hydrogen (secondary N) is 1. The lowest BCUT2D eigenvalue weighted by Gasteiger charge is -2.29. The number of carboxylic acids is 1. The number of fused-ring (bicyclic) bond motifs is 1. The molecule has 0 bridgehead atoms. The fourth-order valence-corrected chi connectivity index (χ4v) is 3.78. The quantitative estimate of drug-likeness (QED) is 0.323. The fourth-order valence-electron chi connectivity index (χ4n) is 3.24. The summed E-state index contributed by atoms with van der Waals surface area (Å²) < 4.78 is 50.4. The Bertz CT molecular complexity index is 1030. The Morgan fingerprint density at radius 1 is 1.03 bits per heavy atom. The lowest BCUT2D eigenvalue weighted by atomic mass is 10.0. The van der Waals surface area contributed by atoms with Crippen LogP contribution in [0.5, 0.6) is 0 Å². The molecular weight excluding hydrogens is 512 g/mol. The van der Waals surface area contributed by atoms with Crippen LogP contribution in [0.4, 0.5) is 23.2 Å². The second kappa shape index (κ2) is 15.9. The summed E-state index contributed by atoms with van der Waals surface area (Å²) in [5.74, 6) is -1.79. The highest BCUT2D eigenvalue weighted by Crippen LogP contribution is 2.37. The van der Waals surface area contributed by atoms with Gasteiger partial charge in [-0.3, -0.25) is 14.4 Å². The zero-order valence-electron chi connectivity index (χ0n) is 21.0. The van der Waals surface area contributed by atoms with Crippen molar-refractivity contribution in [2.45, 2.75) is 63.3 Å². The van der Waals surface area contributed by atoms with E-state index in [4.69, 9.17) is 5.11 Å². The number of rotatable bonds is 6. The fraction of sp³-hybridized carbons (Fsp3) is 0.423. The summed E-state index contributed by atoms with van der Waals surface area (Å²) in [4.78, 5) is 34.7. The van der Waals surface area contributed by atoms with Crippen LogP contribution in [0.25, 0.3) is 0 Å². The SMILES string of the molecule is CCC.CCNC(=O)CCC(=O)O.O=C(c1ccc(SC(F)(F)F)cc1)N1CCCc2cc(F)ccc21. The van der Waals surface area contributed by atoms with E-state index in [1.165, 1.54) is 42.8 Å². The van der Waals surface area contributed by atoms with Gasteiger partial charge in [-0.1, -0.05) is 20.3 Å². The van der Waals surface area contributed by atoms with Gasteiger partial charge in [0.05, 0.1) is 6.42 Å². The van der Waals surface area contributed by atoms with Gasteiger partial charge >= 0.3 is 11.5 Å².